The summed E-state index contributed by atoms with van der Waals surface area (Å²) in [5.74, 6) is 0.207. The van der Waals surface area contributed by atoms with Gasteiger partial charge in [0.05, 0.1) is 35.3 Å². The number of aromatic nitrogens is 2. The molecule has 3 aliphatic rings. The smallest absolute Gasteiger partial charge is 0.411 e. The number of nitrogens with zero attached hydrogens (tertiary/aromatic N) is 4. The molecule has 2 fully saturated rings. The van der Waals surface area contributed by atoms with Crippen LogP contribution in [0.4, 0.5) is 15.0 Å². The molecule has 270 valence electrons. The second kappa shape index (κ2) is 12.4. The quantitative estimate of drug-likeness (QED) is 0.153. The Morgan fingerprint density at radius 3 is 2.20 bits per heavy atom. The number of fused-ring (bicyclic) bond motifs is 5. The first-order valence-corrected chi connectivity index (χ1v) is 20.1. The molecule has 5 heterocycles. The minimum absolute atomic E-state index is 0.149. The van der Waals surface area contributed by atoms with E-state index in [0.717, 1.165) is 23.2 Å². The van der Waals surface area contributed by atoms with E-state index in [0.29, 0.717) is 34.4 Å². The molecular weight excluding hydrogens is 683 g/mol. The van der Waals surface area contributed by atoms with Crippen LogP contribution >= 0.6 is 11.6 Å². The van der Waals surface area contributed by atoms with E-state index in [1.54, 1.807) is 0 Å². The highest BCUT2D eigenvalue weighted by atomic mass is 35.5. The van der Waals surface area contributed by atoms with Gasteiger partial charge in [-0.2, -0.15) is 4.98 Å². The summed E-state index contributed by atoms with van der Waals surface area (Å²) in [5, 5.41) is 2.59. The van der Waals surface area contributed by atoms with Crippen LogP contribution in [0.3, 0.4) is 0 Å². The van der Waals surface area contributed by atoms with Crippen LogP contribution in [0.15, 0.2) is 60.7 Å². The molecule has 11 heteroatoms. The van der Waals surface area contributed by atoms with Gasteiger partial charge in [0.1, 0.15) is 17.5 Å². The van der Waals surface area contributed by atoms with Crippen molar-refractivity contribution in [1.29, 1.82) is 0 Å². The molecule has 2 saturated heterocycles. The molecule has 1 amide bonds. The predicted octanol–water partition coefficient (Wildman–Crippen LogP) is 7.94. The number of pyridine rings is 2. The van der Waals surface area contributed by atoms with Gasteiger partial charge in [-0.25, -0.2) is 14.2 Å². The second-order valence-electron chi connectivity index (χ2n) is 16.6. The lowest BCUT2D eigenvalue weighted by Gasteiger charge is -2.52. The predicted molar refractivity (Wildman–Crippen MR) is 202 cm³/mol. The van der Waals surface area contributed by atoms with Crippen LogP contribution in [0.2, 0.25) is 10.2 Å². The number of piperazine rings is 1. The van der Waals surface area contributed by atoms with Crippen LogP contribution in [0, 0.1) is 12.7 Å². The van der Waals surface area contributed by atoms with Gasteiger partial charge in [0, 0.05) is 11.9 Å². The van der Waals surface area contributed by atoms with Crippen molar-refractivity contribution < 1.29 is 23.1 Å². The first kappa shape index (κ1) is 35.7. The molecule has 0 N–H and O–H groups in total. The lowest BCUT2D eigenvalue weighted by molar-refractivity contribution is -0.0165. The molecular formula is C40H48ClFN4O4Si. The summed E-state index contributed by atoms with van der Waals surface area (Å²) < 4.78 is 36.2. The fourth-order valence-electron chi connectivity index (χ4n) is 8.82. The average Bonchev–Trinajstić information content (AvgIpc) is 3.24. The Bertz CT molecular complexity index is 1950. The number of rotatable bonds is 5. The molecule has 2 aromatic carbocycles. The third-order valence-corrected chi connectivity index (χ3v) is 16.2. The third-order valence-electron chi connectivity index (χ3n) is 11.0. The number of carbonyl (C=O) groups excluding carboxylic acids is 1. The molecule has 0 aliphatic carbocycles. The van der Waals surface area contributed by atoms with Gasteiger partial charge in [-0.1, -0.05) is 93.0 Å². The zero-order chi connectivity index (χ0) is 36.7. The van der Waals surface area contributed by atoms with Crippen LogP contribution < -0.4 is 20.0 Å². The van der Waals surface area contributed by atoms with Crippen LogP contribution in [0.1, 0.15) is 79.5 Å². The Balaban J connectivity index is 1.39. The van der Waals surface area contributed by atoms with Crippen LogP contribution in [0.25, 0.3) is 10.8 Å². The number of amides is 1. The Morgan fingerprint density at radius 2 is 1.63 bits per heavy atom. The largest absolute Gasteiger partial charge is 0.472 e. The van der Waals surface area contributed by atoms with E-state index in [2.05, 4.69) is 86.1 Å². The van der Waals surface area contributed by atoms with Crippen molar-refractivity contribution in [2.24, 2.45) is 0 Å². The van der Waals surface area contributed by atoms with Gasteiger partial charge in [-0.05, 0) is 75.4 Å². The summed E-state index contributed by atoms with van der Waals surface area (Å²) in [6.07, 6.45) is 0.790. The highest BCUT2D eigenvalue weighted by molar-refractivity contribution is 6.99. The van der Waals surface area contributed by atoms with Crippen molar-refractivity contribution in [3.05, 3.63) is 82.9 Å². The maximum Gasteiger partial charge on any atom is 0.411 e. The van der Waals surface area contributed by atoms with Crippen molar-refractivity contribution in [2.45, 2.75) is 116 Å². The van der Waals surface area contributed by atoms with Crippen molar-refractivity contribution in [3.8, 4) is 5.88 Å². The monoisotopic (exact) mass is 730 g/mol. The van der Waals surface area contributed by atoms with Crippen LogP contribution in [0.5, 0.6) is 5.88 Å². The fraction of sp³-hybridized carbons (Fsp3) is 0.475. The van der Waals surface area contributed by atoms with Gasteiger partial charge in [0.2, 0.25) is 5.88 Å². The number of carbonyl (C=O) groups is 1. The molecule has 4 atom stereocenters. The van der Waals surface area contributed by atoms with Crippen molar-refractivity contribution in [1.82, 2.24) is 14.9 Å². The van der Waals surface area contributed by atoms with E-state index in [1.165, 1.54) is 0 Å². The second-order valence-corrected chi connectivity index (χ2v) is 21.3. The van der Waals surface area contributed by atoms with Gasteiger partial charge in [0.25, 0.3) is 8.32 Å². The normalized spacial score (nSPS) is 23.2. The molecule has 8 nitrogen and oxygen atoms in total. The number of ether oxygens (including phenoxy) is 2. The molecule has 2 bridgehead atoms. The first-order valence-electron chi connectivity index (χ1n) is 17.9. The van der Waals surface area contributed by atoms with Crippen LogP contribution in [-0.4, -0.2) is 65.2 Å². The molecule has 4 aromatic rings. The number of hydrogen-bond donors (Lipinski definition) is 0. The minimum atomic E-state index is -2.96. The average molecular weight is 731 g/mol. The Labute approximate surface area is 306 Å². The Hall–Kier alpha value is -3.73. The fourth-order valence-corrected chi connectivity index (χ4v) is 13.5. The van der Waals surface area contributed by atoms with Crippen molar-refractivity contribution >= 4 is 53.0 Å². The van der Waals surface area contributed by atoms with Crippen molar-refractivity contribution in [3.63, 3.8) is 0 Å². The van der Waals surface area contributed by atoms with Gasteiger partial charge < -0.3 is 18.8 Å². The van der Waals surface area contributed by atoms with E-state index in [1.807, 2.05) is 51.7 Å². The van der Waals surface area contributed by atoms with Gasteiger partial charge in [-0.15, -0.1) is 0 Å². The van der Waals surface area contributed by atoms with E-state index < -0.39 is 31.4 Å². The standard InChI is InChI=1S/C40H48ClFN4O4Si/c1-24-28(22-48-51(39(6,7)8,26-16-12-10-13-17-26)27-18-14-11-15-19-27)43-35-31-30(24)32(42)34(41)44-36(31)49-25(2)33-29-20-21-40(9,23-45(33)35)46(29)37(47)50-38(3,4)5/h10-19,25,29,33H,20-23H2,1-9H3/t25-,29-,33+,40+/m0/s1. The summed E-state index contributed by atoms with van der Waals surface area (Å²) in [7, 11) is -2.96. The molecule has 0 unspecified atom stereocenters. The van der Waals surface area contributed by atoms with E-state index in [9.17, 15) is 4.79 Å². The number of halogens is 2. The highest BCUT2D eigenvalue weighted by Crippen LogP contribution is 2.50. The summed E-state index contributed by atoms with van der Waals surface area (Å²) in [6, 6.07) is 20.4. The van der Waals surface area contributed by atoms with E-state index >= 15 is 4.39 Å². The molecule has 2 aromatic heterocycles. The minimum Gasteiger partial charge on any atom is -0.472 e. The third kappa shape index (κ3) is 5.78. The Morgan fingerprint density at radius 1 is 1.02 bits per heavy atom. The number of anilines is 1. The molecule has 0 saturated carbocycles. The first-order chi connectivity index (χ1) is 24.0. The summed E-state index contributed by atoms with van der Waals surface area (Å²) >= 11 is 6.51. The van der Waals surface area contributed by atoms with Gasteiger partial charge >= 0.3 is 6.09 Å². The highest BCUT2D eigenvalue weighted by Gasteiger charge is 2.59. The number of hydrogen-bond acceptors (Lipinski definition) is 7. The molecule has 3 aliphatic heterocycles. The van der Waals surface area contributed by atoms with Gasteiger partial charge in [-0.3, -0.25) is 4.90 Å². The maximum atomic E-state index is 16.4. The van der Waals surface area contributed by atoms with E-state index in [-0.39, 0.29) is 40.9 Å². The van der Waals surface area contributed by atoms with Crippen molar-refractivity contribution in [2.75, 3.05) is 11.4 Å². The topological polar surface area (TPSA) is 77.0 Å². The lowest BCUT2D eigenvalue weighted by Crippen LogP contribution is -2.69. The molecule has 0 spiro atoms. The zero-order valence-corrected chi connectivity index (χ0v) is 32.8. The zero-order valence-electron chi connectivity index (χ0n) is 31.0. The SMILES string of the molecule is Cc1c(CO[Si](c2ccccc2)(c2ccccc2)C(C)(C)C)nc2c3c(nc(Cl)c(F)c13)O[C@@H](C)[C@@H]1[C@@H]3CC[C@](C)(CN21)N3C(=O)OC(C)(C)C. The molecule has 0 radical (unpaired) electrons. The lowest BCUT2D eigenvalue weighted by atomic mass is 9.93. The maximum absolute atomic E-state index is 16.4. The number of aryl methyl sites for hydroxylation is 1. The summed E-state index contributed by atoms with van der Waals surface area (Å²) in [6.45, 7) is 18.9. The summed E-state index contributed by atoms with van der Waals surface area (Å²) in [4.78, 5) is 27.7. The molecule has 7 rings (SSSR count). The van der Waals surface area contributed by atoms with Gasteiger partial charge in [0.15, 0.2) is 11.0 Å². The van der Waals surface area contributed by atoms with Crippen LogP contribution in [-0.2, 0) is 15.8 Å². The summed E-state index contributed by atoms with van der Waals surface area (Å²) in [5.41, 5.74) is 0.0645. The molecule has 51 heavy (non-hydrogen) atoms. The van der Waals surface area contributed by atoms with E-state index in [4.69, 9.17) is 30.5 Å². The Kier molecular flexibility index (Phi) is 8.70. The number of benzene rings is 2.